The first-order valence-electron chi connectivity index (χ1n) is 14.7. The Balaban J connectivity index is 1.15. The molecule has 3 aliphatic heterocycles. The molecule has 10 nitrogen and oxygen atoms in total. The van der Waals surface area contributed by atoms with Crippen molar-refractivity contribution in [3.63, 3.8) is 0 Å². The largest absolute Gasteiger partial charge is 0.461 e. The standard InChI is InChI=1S/C30H35ClF2N6O4/c31-26-24(33)25-23(14-35-26)27(37-28(36-25)43-19-30-8-4-10-39(30)16-22(32)13-30)38-11-12-41-17-21(15-38)7-9-34-29(40)42-18-20-5-2-1-3-6-20/h1-3,5-6,14,21-22H,4,7-13,15-19H2,(H,34,40)/t21?,22-,30+/m1/s1. The van der Waals surface area contributed by atoms with Gasteiger partial charge in [-0.05, 0) is 31.4 Å². The highest BCUT2D eigenvalue weighted by Gasteiger charge is 2.49. The summed E-state index contributed by atoms with van der Waals surface area (Å²) >= 11 is 6.02. The van der Waals surface area contributed by atoms with Gasteiger partial charge in [-0.15, -0.1) is 0 Å². The van der Waals surface area contributed by atoms with Crippen LogP contribution >= 0.6 is 11.6 Å². The van der Waals surface area contributed by atoms with Crippen LogP contribution in [0, 0.1) is 11.7 Å². The summed E-state index contributed by atoms with van der Waals surface area (Å²) in [6, 6.07) is 9.49. The maximum atomic E-state index is 15.2. The summed E-state index contributed by atoms with van der Waals surface area (Å²) in [5.41, 5.74) is 0.525. The highest BCUT2D eigenvalue weighted by molar-refractivity contribution is 6.30. The fourth-order valence-electron chi connectivity index (χ4n) is 6.35. The predicted octanol–water partition coefficient (Wildman–Crippen LogP) is 4.54. The number of aromatic nitrogens is 3. The van der Waals surface area contributed by atoms with E-state index in [0.29, 0.717) is 63.4 Å². The number of benzene rings is 1. The summed E-state index contributed by atoms with van der Waals surface area (Å²) in [6.07, 6.45) is 2.92. The van der Waals surface area contributed by atoms with E-state index in [1.54, 1.807) is 0 Å². The van der Waals surface area contributed by atoms with Gasteiger partial charge in [-0.3, -0.25) is 4.90 Å². The molecule has 3 saturated heterocycles. The number of nitrogens with zero attached hydrogens (tertiary/aromatic N) is 5. The minimum Gasteiger partial charge on any atom is -0.461 e. The van der Waals surface area contributed by atoms with Crippen LogP contribution < -0.4 is 15.0 Å². The van der Waals surface area contributed by atoms with Crippen LogP contribution in [0.1, 0.15) is 31.2 Å². The molecule has 2 aromatic heterocycles. The number of ether oxygens (including phenoxy) is 3. The Labute approximate surface area is 253 Å². The van der Waals surface area contributed by atoms with Gasteiger partial charge in [-0.1, -0.05) is 41.9 Å². The molecule has 1 N–H and O–H groups in total. The third-order valence-corrected chi connectivity index (χ3v) is 8.77. The van der Waals surface area contributed by atoms with Gasteiger partial charge in [-0.25, -0.2) is 18.6 Å². The summed E-state index contributed by atoms with van der Waals surface area (Å²) < 4.78 is 46.8. The number of nitrogens with one attached hydrogen (secondary N) is 1. The number of halogens is 3. The number of carbonyl (C=O) groups excluding carboxylic acids is 1. The van der Waals surface area contributed by atoms with Gasteiger partial charge in [0.15, 0.2) is 11.0 Å². The molecule has 1 unspecified atom stereocenters. The molecular weight excluding hydrogens is 582 g/mol. The van der Waals surface area contributed by atoms with Crippen LogP contribution in [0.25, 0.3) is 10.9 Å². The molecular formula is C30H35ClF2N6O4. The van der Waals surface area contributed by atoms with Gasteiger partial charge in [0.05, 0.1) is 24.1 Å². The number of carbonyl (C=O) groups is 1. The highest BCUT2D eigenvalue weighted by Crippen LogP contribution is 2.40. The van der Waals surface area contributed by atoms with Gasteiger partial charge >= 0.3 is 12.1 Å². The molecule has 3 aromatic rings. The lowest BCUT2D eigenvalue weighted by molar-refractivity contribution is 0.107. The average molecular weight is 617 g/mol. The summed E-state index contributed by atoms with van der Waals surface area (Å²) in [4.78, 5) is 29.4. The molecule has 3 fully saturated rings. The third-order valence-electron chi connectivity index (χ3n) is 8.50. The van der Waals surface area contributed by atoms with E-state index in [1.807, 2.05) is 35.2 Å². The Kier molecular flexibility index (Phi) is 9.06. The van der Waals surface area contributed by atoms with Crippen LogP contribution in [-0.2, 0) is 16.1 Å². The molecule has 0 aliphatic carbocycles. The molecule has 0 bridgehead atoms. The summed E-state index contributed by atoms with van der Waals surface area (Å²) in [7, 11) is 0. The molecule has 43 heavy (non-hydrogen) atoms. The van der Waals surface area contributed by atoms with E-state index in [0.717, 1.165) is 24.9 Å². The van der Waals surface area contributed by atoms with Crippen LogP contribution in [-0.4, -0.2) is 90.2 Å². The Bertz CT molecular complexity index is 1440. The number of alkyl halides is 1. The minimum absolute atomic E-state index is 0.0109. The van der Waals surface area contributed by atoms with Crippen molar-refractivity contribution in [2.24, 2.45) is 5.92 Å². The van der Waals surface area contributed by atoms with E-state index >= 15 is 4.39 Å². The quantitative estimate of drug-likeness (QED) is 0.347. The van der Waals surface area contributed by atoms with Crippen molar-refractivity contribution in [2.75, 3.05) is 57.4 Å². The van der Waals surface area contributed by atoms with Gasteiger partial charge < -0.3 is 24.4 Å². The fraction of sp³-hybridized carbons (Fsp3) is 0.533. The van der Waals surface area contributed by atoms with Crippen molar-refractivity contribution >= 4 is 34.4 Å². The number of fused-ring (bicyclic) bond motifs is 2. The van der Waals surface area contributed by atoms with Gasteiger partial charge in [0.25, 0.3) is 0 Å². The predicted molar refractivity (Wildman–Crippen MR) is 157 cm³/mol. The maximum absolute atomic E-state index is 15.2. The molecule has 1 aromatic carbocycles. The lowest BCUT2D eigenvalue weighted by atomic mass is 9.95. The van der Waals surface area contributed by atoms with Gasteiger partial charge in [0.2, 0.25) is 0 Å². The second-order valence-corrected chi connectivity index (χ2v) is 11.8. The maximum Gasteiger partial charge on any atom is 0.407 e. The van der Waals surface area contributed by atoms with E-state index < -0.39 is 23.6 Å². The molecule has 13 heteroatoms. The fourth-order valence-corrected chi connectivity index (χ4v) is 6.49. The Morgan fingerprint density at radius 3 is 2.93 bits per heavy atom. The number of rotatable bonds is 9. The molecule has 5 heterocycles. The lowest BCUT2D eigenvalue weighted by Crippen LogP contribution is -2.43. The number of hydrogen-bond donors (Lipinski definition) is 1. The van der Waals surface area contributed by atoms with Crippen LogP contribution in [0.15, 0.2) is 36.5 Å². The van der Waals surface area contributed by atoms with Crippen LogP contribution in [0.5, 0.6) is 6.01 Å². The summed E-state index contributed by atoms with van der Waals surface area (Å²) in [6.45, 7) is 4.01. The number of alkyl carbamates (subject to hydrolysis) is 1. The molecule has 6 rings (SSSR count). The SMILES string of the molecule is O=C(NCCC1COCCN(c2nc(OC[C@@]34CCCN3C[C@H](F)C4)nc3c(F)c(Cl)ncc23)C1)OCc1ccccc1. The molecule has 1 amide bonds. The van der Waals surface area contributed by atoms with Crippen molar-refractivity contribution in [1.29, 1.82) is 0 Å². The Morgan fingerprint density at radius 2 is 2.07 bits per heavy atom. The van der Waals surface area contributed by atoms with Gasteiger partial charge in [0, 0.05) is 44.7 Å². The first-order valence-corrected chi connectivity index (χ1v) is 15.1. The van der Waals surface area contributed by atoms with Crippen molar-refractivity contribution in [3.05, 3.63) is 53.1 Å². The van der Waals surface area contributed by atoms with E-state index in [-0.39, 0.29) is 35.8 Å². The zero-order valence-corrected chi connectivity index (χ0v) is 24.6. The second-order valence-electron chi connectivity index (χ2n) is 11.5. The monoisotopic (exact) mass is 616 g/mol. The van der Waals surface area contributed by atoms with E-state index in [9.17, 15) is 9.18 Å². The molecule has 3 atom stereocenters. The van der Waals surface area contributed by atoms with E-state index in [1.165, 1.54) is 6.20 Å². The van der Waals surface area contributed by atoms with Crippen LogP contribution in [0.3, 0.4) is 0 Å². The van der Waals surface area contributed by atoms with Crippen molar-refractivity contribution < 1.29 is 27.8 Å². The lowest BCUT2D eigenvalue weighted by Gasteiger charge is -2.31. The minimum atomic E-state index is -0.895. The average Bonchev–Trinajstić information content (AvgIpc) is 3.43. The molecule has 0 radical (unpaired) electrons. The Hall–Kier alpha value is -3.35. The zero-order chi connectivity index (χ0) is 29.8. The second kappa shape index (κ2) is 13.1. The highest BCUT2D eigenvalue weighted by atomic mass is 35.5. The third kappa shape index (κ3) is 6.76. The smallest absolute Gasteiger partial charge is 0.407 e. The number of amides is 1. The first kappa shape index (κ1) is 29.7. The summed E-state index contributed by atoms with van der Waals surface area (Å²) in [5, 5.41) is 2.92. The number of pyridine rings is 1. The van der Waals surface area contributed by atoms with Crippen LogP contribution in [0.2, 0.25) is 5.15 Å². The summed E-state index contributed by atoms with van der Waals surface area (Å²) in [5.74, 6) is -0.245. The van der Waals surface area contributed by atoms with Crippen molar-refractivity contribution in [2.45, 2.75) is 44.0 Å². The topological polar surface area (TPSA) is 102 Å². The van der Waals surface area contributed by atoms with E-state index in [2.05, 4.69) is 20.2 Å². The zero-order valence-electron chi connectivity index (χ0n) is 23.8. The van der Waals surface area contributed by atoms with Crippen LogP contribution in [0.4, 0.5) is 19.4 Å². The van der Waals surface area contributed by atoms with Gasteiger partial charge in [0.1, 0.15) is 30.7 Å². The Morgan fingerprint density at radius 1 is 1.21 bits per heavy atom. The van der Waals surface area contributed by atoms with Gasteiger partial charge in [-0.2, -0.15) is 9.97 Å². The molecule has 230 valence electrons. The number of hydrogen-bond acceptors (Lipinski definition) is 9. The van der Waals surface area contributed by atoms with Crippen molar-refractivity contribution in [1.82, 2.24) is 25.2 Å². The van der Waals surface area contributed by atoms with Crippen molar-refractivity contribution in [3.8, 4) is 6.01 Å². The normalized spacial score (nSPS) is 24.1. The van der Waals surface area contributed by atoms with E-state index in [4.69, 9.17) is 30.8 Å². The first-order chi connectivity index (χ1) is 20.9. The molecule has 0 saturated carbocycles. The molecule has 0 spiro atoms. The number of anilines is 1. The molecule has 3 aliphatic rings.